The average molecular weight is 266 g/mol. The average Bonchev–Trinajstić information content (AvgIpc) is 2.25. The van der Waals surface area contributed by atoms with E-state index in [1.54, 1.807) is 0 Å². The number of hydrogen-bond donors (Lipinski definition) is 1. The maximum atomic E-state index is 9.87. The van der Waals surface area contributed by atoms with Gasteiger partial charge in [0.05, 0.1) is 5.60 Å². The lowest BCUT2D eigenvalue weighted by Crippen LogP contribution is -2.60. The van der Waals surface area contributed by atoms with Crippen molar-refractivity contribution in [1.82, 2.24) is 0 Å². The van der Waals surface area contributed by atoms with Gasteiger partial charge in [-0.05, 0) is 68.1 Å². The first-order valence-electron chi connectivity index (χ1n) is 8.14. The summed E-state index contributed by atoms with van der Waals surface area (Å²) in [5, 5.41) is 9.87. The number of ether oxygens (including phenoxy) is 1. The number of fused-ring (bicyclic) bond motifs is 3. The molecule has 0 aromatic carbocycles. The Labute approximate surface area is 117 Å². The van der Waals surface area contributed by atoms with Crippen molar-refractivity contribution in [3.63, 3.8) is 0 Å². The lowest BCUT2D eigenvalue weighted by molar-refractivity contribution is -0.280. The second kappa shape index (κ2) is 4.21. The molecule has 19 heavy (non-hydrogen) atoms. The van der Waals surface area contributed by atoms with Crippen LogP contribution in [0.25, 0.3) is 0 Å². The minimum Gasteiger partial charge on any atom is -0.368 e. The fourth-order valence-corrected chi connectivity index (χ4v) is 6.06. The minimum atomic E-state index is -0.530. The van der Waals surface area contributed by atoms with Gasteiger partial charge in [0, 0.05) is 0 Å². The van der Waals surface area contributed by atoms with Gasteiger partial charge in [0.25, 0.3) is 0 Å². The molecular weight excluding hydrogens is 236 g/mol. The van der Waals surface area contributed by atoms with Crippen LogP contribution in [0, 0.1) is 22.7 Å². The summed E-state index contributed by atoms with van der Waals surface area (Å²) in [5.41, 5.74) is 0.801. The summed E-state index contributed by atoms with van der Waals surface area (Å²) in [4.78, 5) is 0. The van der Waals surface area contributed by atoms with Crippen molar-refractivity contribution >= 4 is 0 Å². The van der Waals surface area contributed by atoms with Gasteiger partial charge in [-0.2, -0.15) is 0 Å². The normalized spacial score (nSPS) is 53.2. The summed E-state index contributed by atoms with van der Waals surface area (Å²) in [6.07, 6.45) is 7.90. The van der Waals surface area contributed by atoms with Crippen molar-refractivity contribution in [2.45, 2.75) is 84.5 Å². The van der Waals surface area contributed by atoms with Crippen LogP contribution in [-0.4, -0.2) is 17.0 Å². The lowest BCUT2D eigenvalue weighted by atomic mass is 9.45. The molecule has 0 spiro atoms. The number of rotatable bonds is 0. The summed E-state index contributed by atoms with van der Waals surface area (Å²) < 4.78 is 6.02. The largest absolute Gasteiger partial charge is 0.368 e. The van der Waals surface area contributed by atoms with Gasteiger partial charge in [0.2, 0.25) is 0 Å². The molecule has 0 amide bonds. The summed E-state index contributed by atoms with van der Waals surface area (Å²) >= 11 is 0. The van der Waals surface area contributed by atoms with E-state index in [2.05, 4.69) is 27.7 Å². The lowest BCUT2D eigenvalue weighted by Gasteiger charge is -2.63. The summed E-state index contributed by atoms with van der Waals surface area (Å²) in [6, 6.07) is 0. The Morgan fingerprint density at radius 2 is 1.63 bits per heavy atom. The number of aliphatic hydroxyl groups is 1. The van der Waals surface area contributed by atoms with Crippen LogP contribution in [0.3, 0.4) is 0 Å². The highest BCUT2D eigenvalue weighted by Crippen LogP contribution is 2.64. The molecule has 0 bridgehead atoms. The van der Waals surface area contributed by atoms with Crippen molar-refractivity contribution < 1.29 is 9.84 Å². The molecule has 110 valence electrons. The molecule has 0 aromatic heterocycles. The Morgan fingerprint density at radius 1 is 0.895 bits per heavy atom. The highest BCUT2D eigenvalue weighted by atomic mass is 16.6. The molecule has 0 aromatic rings. The Bertz CT molecular complexity index is 364. The first-order valence-corrected chi connectivity index (χ1v) is 8.14. The first kappa shape index (κ1) is 13.9. The molecular formula is C17H30O2. The summed E-state index contributed by atoms with van der Waals surface area (Å²) in [5.74, 6) is 1.45. The van der Waals surface area contributed by atoms with E-state index in [-0.39, 0.29) is 5.60 Å². The summed E-state index contributed by atoms with van der Waals surface area (Å²) in [6.45, 7) is 9.71. The van der Waals surface area contributed by atoms with Crippen LogP contribution in [0.2, 0.25) is 0 Å². The molecule has 1 aliphatic heterocycles. The Balaban J connectivity index is 1.94. The van der Waals surface area contributed by atoms with Gasteiger partial charge in [-0.3, -0.25) is 0 Å². The highest BCUT2D eigenvalue weighted by Gasteiger charge is 2.60. The monoisotopic (exact) mass is 266 g/mol. The maximum absolute atomic E-state index is 9.87. The molecule has 3 fully saturated rings. The first-order chi connectivity index (χ1) is 8.78. The van der Waals surface area contributed by atoms with Gasteiger partial charge in [0.1, 0.15) is 0 Å². The molecule has 0 radical (unpaired) electrons. The van der Waals surface area contributed by atoms with Gasteiger partial charge >= 0.3 is 0 Å². The van der Waals surface area contributed by atoms with Crippen LogP contribution < -0.4 is 0 Å². The van der Waals surface area contributed by atoms with Gasteiger partial charge in [-0.25, -0.2) is 0 Å². The number of aliphatic hydroxyl groups excluding tert-OH is 1. The van der Waals surface area contributed by atoms with Crippen molar-refractivity contribution in [3.05, 3.63) is 0 Å². The molecule has 5 atom stereocenters. The van der Waals surface area contributed by atoms with Crippen molar-refractivity contribution in [2.24, 2.45) is 22.7 Å². The Kier molecular flexibility index (Phi) is 3.07. The van der Waals surface area contributed by atoms with E-state index >= 15 is 0 Å². The Hall–Kier alpha value is -0.0800. The zero-order valence-electron chi connectivity index (χ0n) is 13.0. The predicted octanol–water partition coefficient (Wildman–Crippen LogP) is 4.12. The van der Waals surface area contributed by atoms with Gasteiger partial charge in [-0.1, -0.05) is 27.2 Å². The molecule has 1 N–H and O–H groups in total. The molecule has 2 aliphatic carbocycles. The minimum absolute atomic E-state index is 0.0870. The van der Waals surface area contributed by atoms with Crippen LogP contribution in [-0.2, 0) is 4.74 Å². The molecule has 5 unspecified atom stereocenters. The van der Waals surface area contributed by atoms with E-state index in [0.717, 1.165) is 25.2 Å². The fraction of sp³-hybridized carbons (Fsp3) is 1.00. The third-order valence-corrected chi connectivity index (χ3v) is 6.85. The second-order valence-corrected chi connectivity index (χ2v) is 8.45. The highest BCUT2D eigenvalue weighted by molar-refractivity contribution is 5.08. The third-order valence-electron chi connectivity index (χ3n) is 6.85. The van der Waals surface area contributed by atoms with Crippen LogP contribution in [0.4, 0.5) is 0 Å². The molecule has 3 aliphatic rings. The fourth-order valence-electron chi connectivity index (χ4n) is 6.06. The molecule has 2 saturated carbocycles. The quantitative estimate of drug-likeness (QED) is 0.715. The van der Waals surface area contributed by atoms with Crippen LogP contribution in [0.15, 0.2) is 0 Å². The predicted molar refractivity (Wildman–Crippen MR) is 76.7 cm³/mol. The zero-order chi connectivity index (χ0) is 13.9. The molecule has 3 rings (SSSR count). The van der Waals surface area contributed by atoms with Crippen LogP contribution in [0.1, 0.15) is 72.6 Å². The second-order valence-electron chi connectivity index (χ2n) is 8.45. The molecule has 1 saturated heterocycles. The van der Waals surface area contributed by atoms with E-state index in [9.17, 15) is 5.11 Å². The van der Waals surface area contributed by atoms with E-state index in [1.165, 1.54) is 25.7 Å². The van der Waals surface area contributed by atoms with Crippen molar-refractivity contribution in [3.8, 4) is 0 Å². The Morgan fingerprint density at radius 3 is 2.37 bits per heavy atom. The van der Waals surface area contributed by atoms with Gasteiger partial charge in [0.15, 0.2) is 6.29 Å². The smallest absolute Gasteiger partial charge is 0.155 e. The van der Waals surface area contributed by atoms with Gasteiger partial charge in [-0.15, -0.1) is 0 Å². The topological polar surface area (TPSA) is 29.5 Å². The zero-order valence-corrected chi connectivity index (χ0v) is 13.0. The van der Waals surface area contributed by atoms with Crippen molar-refractivity contribution in [1.29, 1.82) is 0 Å². The maximum Gasteiger partial charge on any atom is 0.155 e. The molecule has 2 nitrogen and oxygen atoms in total. The number of hydrogen-bond acceptors (Lipinski definition) is 2. The molecule has 2 heteroatoms. The van der Waals surface area contributed by atoms with E-state index < -0.39 is 6.29 Å². The van der Waals surface area contributed by atoms with Crippen LogP contribution in [0.5, 0.6) is 0 Å². The van der Waals surface area contributed by atoms with Gasteiger partial charge < -0.3 is 9.84 Å². The van der Waals surface area contributed by atoms with E-state index in [4.69, 9.17) is 4.74 Å². The summed E-state index contributed by atoms with van der Waals surface area (Å²) in [7, 11) is 0. The standard InChI is InChI=1S/C17H30O2/c1-15(2)9-5-10-16(3)12(15)8-11-17(4)13(16)6-7-14(18)19-17/h12-14,18H,5-11H2,1-4H3. The SMILES string of the molecule is CC1(C)CCCC2(C)C1CCC1(C)OC(O)CCC12. The van der Waals surface area contributed by atoms with Crippen molar-refractivity contribution in [2.75, 3.05) is 0 Å². The van der Waals surface area contributed by atoms with E-state index in [1.807, 2.05) is 0 Å². The molecule has 1 heterocycles. The van der Waals surface area contributed by atoms with Crippen LogP contribution >= 0.6 is 0 Å². The third kappa shape index (κ3) is 1.98. The van der Waals surface area contributed by atoms with E-state index in [0.29, 0.717) is 16.7 Å².